The second kappa shape index (κ2) is 7.47. The maximum absolute atomic E-state index is 9.20. The van der Waals surface area contributed by atoms with Crippen molar-refractivity contribution in [2.75, 3.05) is 0 Å². The van der Waals surface area contributed by atoms with Crippen LogP contribution in [0.4, 0.5) is 0 Å². The van der Waals surface area contributed by atoms with E-state index >= 15 is 0 Å². The van der Waals surface area contributed by atoms with Gasteiger partial charge in [0.05, 0.1) is 15.1 Å². The van der Waals surface area contributed by atoms with Gasteiger partial charge >= 0.3 is 0 Å². The van der Waals surface area contributed by atoms with Crippen molar-refractivity contribution in [2.45, 2.75) is 6.92 Å². The van der Waals surface area contributed by atoms with Gasteiger partial charge in [-0.05, 0) is 6.92 Å². The van der Waals surface area contributed by atoms with Gasteiger partial charge in [-0.3, -0.25) is 0 Å². The van der Waals surface area contributed by atoms with E-state index in [1.807, 2.05) is 18.2 Å². The molecule has 102 valence electrons. The Hall–Kier alpha value is -0.310. The number of phenols is 1. The van der Waals surface area contributed by atoms with E-state index in [9.17, 15) is 5.11 Å². The molecular weight excluding hydrogens is 349 g/mol. The Morgan fingerprint density at radius 1 is 0.684 bits per heavy atom. The van der Waals surface area contributed by atoms with Crippen molar-refractivity contribution in [3.63, 3.8) is 0 Å². The zero-order valence-electron chi connectivity index (χ0n) is 9.72. The smallest absolute Gasteiger partial charge is 0.155 e. The van der Waals surface area contributed by atoms with Crippen molar-refractivity contribution in [3.05, 3.63) is 61.0 Å². The highest BCUT2D eigenvalue weighted by atomic mass is 35.5. The van der Waals surface area contributed by atoms with Gasteiger partial charge in [-0.25, -0.2) is 0 Å². The number of aryl methyl sites for hydroxylation is 1. The molecule has 2 rings (SSSR count). The van der Waals surface area contributed by atoms with Crippen LogP contribution in [-0.4, -0.2) is 5.11 Å². The highest BCUT2D eigenvalue weighted by Gasteiger charge is 2.18. The van der Waals surface area contributed by atoms with E-state index in [2.05, 4.69) is 19.1 Å². The molecule has 0 aromatic heterocycles. The van der Waals surface area contributed by atoms with Crippen molar-refractivity contribution in [1.82, 2.24) is 0 Å². The van der Waals surface area contributed by atoms with Crippen molar-refractivity contribution in [2.24, 2.45) is 0 Å². The monoisotopic (exact) mass is 356 g/mol. The molecule has 0 aliphatic rings. The Morgan fingerprint density at radius 2 is 1.05 bits per heavy atom. The van der Waals surface area contributed by atoms with Gasteiger partial charge in [-0.15, -0.1) is 0 Å². The Balaban J connectivity index is 0.000000218. The van der Waals surface area contributed by atoms with Crippen molar-refractivity contribution in [1.29, 1.82) is 0 Å². The molecule has 0 aliphatic heterocycles. The van der Waals surface area contributed by atoms with Gasteiger partial charge < -0.3 is 5.11 Å². The molecule has 0 aliphatic carbocycles. The highest BCUT2D eigenvalue weighted by Crippen LogP contribution is 2.47. The molecule has 0 unspecified atom stereocenters. The van der Waals surface area contributed by atoms with Crippen LogP contribution in [0.25, 0.3) is 0 Å². The minimum atomic E-state index is -0.363. The summed E-state index contributed by atoms with van der Waals surface area (Å²) in [5, 5.41) is 9.01. The lowest BCUT2D eigenvalue weighted by Crippen LogP contribution is -1.78. The summed E-state index contributed by atoms with van der Waals surface area (Å²) in [4.78, 5) is 0. The zero-order valence-corrected chi connectivity index (χ0v) is 13.5. The summed E-state index contributed by atoms with van der Waals surface area (Å²) >= 11 is 27.9. The van der Waals surface area contributed by atoms with Crippen LogP contribution in [0.5, 0.6) is 5.75 Å². The van der Waals surface area contributed by atoms with E-state index in [-0.39, 0.29) is 30.9 Å². The number of halogens is 5. The van der Waals surface area contributed by atoms with Gasteiger partial charge in [0.25, 0.3) is 0 Å². The van der Waals surface area contributed by atoms with Crippen LogP contribution in [0.15, 0.2) is 30.3 Å². The van der Waals surface area contributed by atoms with Crippen LogP contribution in [0.1, 0.15) is 5.56 Å². The summed E-state index contributed by atoms with van der Waals surface area (Å²) in [6.45, 7) is 2.08. The molecule has 2 aromatic rings. The van der Waals surface area contributed by atoms with Gasteiger partial charge in [0, 0.05) is 0 Å². The second-order valence-electron chi connectivity index (χ2n) is 3.57. The lowest BCUT2D eigenvalue weighted by molar-refractivity contribution is 0.476. The Bertz CT molecular complexity index is 464. The molecule has 1 nitrogen and oxygen atoms in total. The minimum Gasteiger partial charge on any atom is -0.505 e. The van der Waals surface area contributed by atoms with E-state index in [1.165, 1.54) is 5.56 Å². The minimum absolute atomic E-state index is 0.00904. The summed E-state index contributed by atoms with van der Waals surface area (Å²) in [6, 6.07) is 10.3. The van der Waals surface area contributed by atoms with Gasteiger partial charge in [-0.2, -0.15) is 0 Å². The molecule has 0 bridgehead atoms. The molecule has 0 saturated carbocycles. The fourth-order valence-corrected chi connectivity index (χ4v) is 2.26. The molecule has 0 saturated heterocycles. The first-order chi connectivity index (χ1) is 8.86. The maximum Gasteiger partial charge on any atom is 0.155 e. The molecule has 0 amide bonds. The van der Waals surface area contributed by atoms with Crippen molar-refractivity contribution < 1.29 is 5.11 Å². The topological polar surface area (TPSA) is 20.2 Å². The Labute approximate surface area is 136 Å². The van der Waals surface area contributed by atoms with Crippen LogP contribution in [0.3, 0.4) is 0 Å². The summed E-state index contributed by atoms with van der Waals surface area (Å²) in [6.07, 6.45) is 0. The number of phenolic OH excluding ortho intramolecular Hbond substituents is 1. The Kier molecular flexibility index (Phi) is 6.58. The fraction of sp³-hybridized carbons (Fsp3) is 0.0769. The fourth-order valence-electron chi connectivity index (χ4n) is 1.13. The number of rotatable bonds is 0. The lowest BCUT2D eigenvalue weighted by atomic mass is 10.2. The average molecular weight is 358 g/mol. The van der Waals surface area contributed by atoms with Crippen LogP contribution >= 0.6 is 58.0 Å². The van der Waals surface area contributed by atoms with E-state index < -0.39 is 0 Å². The largest absolute Gasteiger partial charge is 0.505 e. The first kappa shape index (κ1) is 16.7. The van der Waals surface area contributed by atoms with Gasteiger partial charge in [0.2, 0.25) is 0 Å². The number of aromatic hydroxyl groups is 1. The normalized spacial score (nSPS) is 9.79. The molecule has 0 heterocycles. The van der Waals surface area contributed by atoms with Crippen LogP contribution in [-0.2, 0) is 0 Å². The SMILES string of the molecule is Cc1ccccc1.Oc1c(Cl)c(Cl)c(Cl)c(Cl)c1Cl. The molecule has 1 N–H and O–H groups in total. The second-order valence-corrected chi connectivity index (χ2v) is 5.46. The van der Waals surface area contributed by atoms with Gasteiger partial charge in [0.1, 0.15) is 10.0 Å². The summed E-state index contributed by atoms with van der Waals surface area (Å²) in [7, 11) is 0. The molecule has 0 fully saturated rings. The van der Waals surface area contributed by atoms with Crippen LogP contribution in [0.2, 0.25) is 25.1 Å². The predicted molar refractivity (Wildman–Crippen MR) is 84.3 cm³/mol. The van der Waals surface area contributed by atoms with E-state index in [4.69, 9.17) is 58.0 Å². The summed E-state index contributed by atoms with van der Waals surface area (Å²) in [5.41, 5.74) is 1.32. The number of hydrogen-bond donors (Lipinski definition) is 1. The molecule has 6 heteroatoms. The zero-order chi connectivity index (χ0) is 14.6. The standard InChI is InChI=1S/C7H8.C6HCl5O/c1-7-5-3-2-4-6-7;7-1-2(8)4(10)6(12)5(11)3(1)9/h2-6H,1H3;12H. The van der Waals surface area contributed by atoms with E-state index in [0.29, 0.717) is 0 Å². The third-order valence-corrected chi connectivity index (χ3v) is 4.38. The average Bonchev–Trinajstić information content (AvgIpc) is 2.42. The lowest BCUT2D eigenvalue weighted by Gasteiger charge is -2.06. The van der Waals surface area contributed by atoms with E-state index in [1.54, 1.807) is 0 Å². The van der Waals surface area contributed by atoms with Gasteiger partial charge in [-0.1, -0.05) is 93.9 Å². The van der Waals surface area contributed by atoms with E-state index in [0.717, 1.165) is 0 Å². The van der Waals surface area contributed by atoms with Gasteiger partial charge in [0.15, 0.2) is 5.75 Å². The van der Waals surface area contributed by atoms with Crippen molar-refractivity contribution >= 4 is 58.0 Å². The Morgan fingerprint density at radius 3 is 1.37 bits per heavy atom. The maximum atomic E-state index is 9.20. The molecule has 19 heavy (non-hydrogen) atoms. The molecule has 0 atom stereocenters. The highest BCUT2D eigenvalue weighted by molar-refractivity contribution is 6.55. The molecule has 0 spiro atoms. The predicted octanol–water partition coefficient (Wildman–Crippen LogP) is 6.65. The molecule has 2 aromatic carbocycles. The van der Waals surface area contributed by atoms with Crippen molar-refractivity contribution in [3.8, 4) is 5.75 Å². The number of benzene rings is 2. The third-order valence-electron chi connectivity index (χ3n) is 2.13. The molecule has 0 radical (unpaired) electrons. The first-order valence-electron chi connectivity index (χ1n) is 5.08. The first-order valence-corrected chi connectivity index (χ1v) is 6.97. The third kappa shape index (κ3) is 4.34. The van der Waals surface area contributed by atoms with Crippen LogP contribution in [0, 0.1) is 6.92 Å². The van der Waals surface area contributed by atoms with Crippen LogP contribution < -0.4 is 0 Å². The quantitative estimate of drug-likeness (QED) is 0.413. The molecular formula is C13H9Cl5O. The summed E-state index contributed by atoms with van der Waals surface area (Å²) in [5.74, 6) is -0.363. The summed E-state index contributed by atoms with van der Waals surface area (Å²) < 4.78 is 0. The number of hydrogen-bond acceptors (Lipinski definition) is 1.